The average Bonchev–Trinajstić information content (AvgIpc) is 2.60. The zero-order chi connectivity index (χ0) is 18.4. The number of halogens is 3. The van der Waals surface area contributed by atoms with E-state index in [1.165, 1.54) is 6.08 Å². The molecule has 0 unspecified atom stereocenters. The van der Waals surface area contributed by atoms with Gasteiger partial charge in [0.05, 0.1) is 5.56 Å². The molecule has 2 amide bonds. The van der Waals surface area contributed by atoms with Crippen LogP contribution in [0.3, 0.4) is 0 Å². The van der Waals surface area contributed by atoms with Crippen LogP contribution in [-0.4, -0.2) is 41.3 Å². The summed E-state index contributed by atoms with van der Waals surface area (Å²) in [5, 5.41) is 2.73. The predicted molar refractivity (Wildman–Crippen MR) is 85.5 cm³/mol. The third-order valence-corrected chi connectivity index (χ3v) is 4.18. The molecule has 2 rings (SSSR count). The summed E-state index contributed by atoms with van der Waals surface area (Å²) >= 11 is 0. The molecular formula is C17H20F3N3O2. The molecule has 1 aliphatic heterocycles. The standard InChI is InChI=1S/C17H20F3N3O2/c1-2-15(24)23-9-5-12(6-10-23)16(25)22-8-4-14-11-13(3-7-21-14)17(18,19)20/h2-3,7,11-12H,1,4-6,8-10H2,(H,22,25). The van der Waals surface area contributed by atoms with Crippen LogP contribution in [0.15, 0.2) is 31.0 Å². The molecule has 1 N–H and O–H groups in total. The number of amides is 2. The Morgan fingerprint density at radius 1 is 1.36 bits per heavy atom. The molecule has 1 fully saturated rings. The van der Waals surface area contributed by atoms with Crippen molar-refractivity contribution in [3.05, 3.63) is 42.2 Å². The van der Waals surface area contributed by atoms with Crippen LogP contribution in [0.4, 0.5) is 13.2 Å². The lowest BCUT2D eigenvalue weighted by atomic mass is 9.96. The summed E-state index contributed by atoms with van der Waals surface area (Å²) in [5.41, 5.74) is -0.468. The normalized spacial score (nSPS) is 15.7. The summed E-state index contributed by atoms with van der Waals surface area (Å²) in [4.78, 5) is 29.2. The van der Waals surface area contributed by atoms with Crippen molar-refractivity contribution in [1.82, 2.24) is 15.2 Å². The van der Waals surface area contributed by atoms with Gasteiger partial charge < -0.3 is 10.2 Å². The minimum atomic E-state index is -4.40. The van der Waals surface area contributed by atoms with Gasteiger partial charge in [0.25, 0.3) is 0 Å². The summed E-state index contributed by atoms with van der Waals surface area (Å²) in [6.45, 7) is 4.65. The minimum Gasteiger partial charge on any atom is -0.355 e. The molecule has 0 atom stereocenters. The van der Waals surface area contributed by atoms with Crippen molar-refractivity contribution in [2.75, 3.05) is 19.6 Å². The van der Waals surface area contributed by atoms with Crippen LogP contribution in [0.2, 0.25) is 0 Å². The van der Waals surface area contributed by atoms with Crippen LogP contribution in [0.1, 0.15) is 24.1 Å². The van der Waals surface area contributed by atoms with Gasteiger partial charge in [0, 0.05) is 43.9 Å². The number of hydrogen-bond donors (Lipinski definition) is 1. The highest BCUT2D eigenvalue weighted by Crippen LogP contribution is 2.29. The molecule has 1 saturated heterocycles. The molecule has 136 valence electrons. The summed E-state index contributed by atoms with van der Waals surface area (Å²) in [7, 11) is 0. The number of piperidine rings is 1. The molecule has 0 radical (unpaired) electrons. The fourth-order valence-corrected chi connectivity index (χ4v) is 2.74. The molecule has 0 spiro atoms. The molecule has 2 heterocycles. The van der Waals surface area contributed by atoms with Crippen molar-refractivity contribution in [2.24, 2.45) is 5.92 Å². The highest BCUT2D eigenvalue weighted by Gasteiger charge is 2.30. The number of carbonyl (C=O) groups is 2. The van der Waals surface area contributed by atoms with E-state index < -0.39 is 11.7 Å². The first-order chi connectivity index (χ1) is 11.8. The van der Waals surface area contributed by atoms with E-state index in [0.29, 0.717) is 25.9 Å². The Balaban J connectivity index is 1.78. The zero-order valence-corrected chi connectivity index (χ0v) is 13.7. The lowest BCUT2D eigenvalue weighted by molar-refractivity contribution is -0.137. The highest BCUT2D eigenvalue weighted by atomic mass is 19.4. The Labute approximate surface area is 143 Å². The van der Waals surface area contributed by atoms with Gasteiger partial charge >= 0.3 is 6.18 Å². The second kappa shape index (κ2) is 8.13. The number of hydrogen-bond acceptors (Lipinski definition) is 3. The number of nitrogens with one attached hydrogen (secondary N) is 1. The quantitative estimate of drug-likeness (QED) is 0.824. The third kappa shape index (κ3) is 5.30. The maximum Gasteiger partial charge on any atom is 0.416 e. The zero-order valence-electron chi connectivity index (χ0n) is 13.7. The molecule has 0 saturated carbocycles. The van der Waals surface area contributed by atoms with Crippen LogP contribution in [0.5, 0.6) is 0 Å². The second-order valence-electron chi connectivity index (χ2n) is 5.88. The van der Waals surface area contributed by atoms with E-state index in [-0.39, 0.29) is 36.4 Å². The topological polar surface area (TPSA) is 62.3 Å². The van der Waals surface area contributed by atoms with E-state index in [0.717, 1.165) is 18.3 Å². The van der Waals surface area contributed by atoms with Gasteiger partial charge in [0.15, 0.2) is 0 Å². The first-order valence-corrected chi connectivity index (χ1v) is 8.02. The largest absolute Gasteiger partial charge is 0.416 e. The molecule has 25 heavy (non-hydrogen) atoms. The Morgan fingerprint density at radius 3 is 2.64 bits per heavy atom. The number of rotatable bonds is 5. The first kappa shape index (κ1) is 19.0. The van der Waals surface area contributed by atoms with Gasteiger partial charge in [0.2, 0.25) is 11.8 Å². The number of likely N-dealkylation sites (tertiary alicyclic amines) is 1. The van der Waals surface area contributed by atoms with Crippen molar-refractivity contribution >= 4 is 11.8 Å². The summed E-state index contributed by atoms with van der Waals surface area (Å²) in [5.74, 6) is -0.476. The highest BCUT2D eigenvalue weighted by molar-refractivity contribution is 5.87. The first-order valence-electron chi connectivity index (χ1n) is 8.02. The van der Waals surface area contributed by atoms with Crippen LogP contribution < -0.4 is 5.32 Å². The van der Waals surface area contributed by atoms with E-state index in [1.807, 2.05) is 0 Å². The van der Waals surface area contributed by atoms with Crippen molar-refractivity contribution in [1.29, 1.82) is 0 Å². The van der Waals surface area contributed by atoms with Gasteiger partial charge in [0.1, 0.15) is 0 Å². The third-order valence-electron chi connectivity index (χ3n) is 4.18. The number of nitrogens with zero attached hydrogens (tertiary/aromatic N) is 2. The predicted octanol–water partition coefficient (Wildman–Crippen LogP) is 2.18. The fourth-order valence-electron chi connectivity index (χ4n) is 2.74. The van der Waals surface area contributed by atoms with Crippen molar-refractivity contribution in [2.45, 2.75) is 25.4 Å². The van der Waals surface area contributed by atoms with Crippen LogP contribution in [0, 0.1) is 5.92 Å². The Morgan fingerprint density at radius 2 is 2.04 bits per heavy atom. The van der Waals surface area contributed by atoms with Crippen molar-refractivity contribution in [3.8, 4) is 0 Å². The molecule has 5 nitrogen and oxygen atoms in total. The van der Waals surface area contributed by atoms with Gasteiger partial charge in [-0.05, 0) is 31.1 Å². The second-order valence-corrected chi connectivity index (χ2v) is 5.88. The van der Waals surface area contributed by atoms with Crippen molar-refractivity contribution in [3.63, 3.8) is 0 Å². The monoisotopic (exact) mass is 355 g/mol. The van der Waals surface area contributed by atoms with Gasteiger partial charge in [-0.1, -0.05) is 6.58 Å². The molecule has 1 aromatic rings. The SMILES string of the molecule is C=CC(=O)N1CCC(C(=O)NCCc2cc(C(F)(F)F)ccn2)CC1. The smallest absolute Gasteiger partial charge is 0.355 e. The lowest BCUT2D eigenvalue weighted by Crippen LogP contribution is -2.42. The summed E-state index contributed by atoms with van der Waals surface area (Å²) < 4.78 is 37.9. The Kier molecular flexibility index (Phi) is 6.17. The number of carbonyl (C=O) groups excluding carboxylic acids is 2. The summed E-state index contributed by atoms with van der Waals surface area (Å²) in [6.07, 6.45) is -0.684. The van der Waals surface area contributed by atoms with E-state index in [2.05, 4.69) is 16.9 Å². The van der Waals surface area contributed by atoms with Crippen LogP contribution >= 0.6 is 0 Å². The van der Waals surface area contributed by atoms with Gasteiger partial charge in [-0.15, -0.1) is 0 Å². The van der Waals surface area contributed by atoms with Gasteiger partial charge in [-0.25, -0.2) is 0 Å². The molecule has 0 bridgehead atoms. The summed E-state index contributed by atoms with van der Waals surface area (Å²) in [6, 6.07) is 1.91. The maximum atomic E-state index is 12.6. The average molecular weight is 355 g/mol. The van der Waals surface area contributed by atoms with E-state index in [4.69, 9.17) is 0 Å². The molecular weight excluding hydrogens is 335 g/mol. The molecule has 0 aromatic carbocycles. The van der Waals surface area contributed by atoms with E-state index in [9.17, 15) is 22.8 Å². The maximum absolute atomic E-state index is 12.6. The van der Waals surface area contributed by atoms with Crippen LogP contribution in [0.25, 0.3) is 0 Å². The van der Waals surface area contributed by atoms with Gasteiger partial charge in [-0.3, -0.25) is 14.6 Å². The minimum absolute atomic E-state index is 0.141. The molecule has 0 aliphatic carbocycles. The van der Waals surface area contributed by atoms with E-state index >= 15 is 0 Å². The Bertz CT molecular complexity index is 638. The molecule has 8 heteroatoms. The van der Waals surface area contributed by atoms with Crippen molar-refractivity contribution < 1.29 is 22.8 Å². The number of aromatic nitrogens is 1. The van der Waals surface area contributed by atoms with E-state index in [1.54, 1.807) is 4.90 Å². The number of alkyl halides is 3. The number of pyridine rings is 1. The molecule has 1 aliphatic rings. The Hall–Kier alpha value is -2.38. The van der Waals surface area contributed by atoms with Gasteiger partial charge in [-0.2, -0.15) is 13.2 Å². The molecule has 1 aromatic heterocycles. The fraction of sp³-hybridized carbons (Fsp3) is 0.471. The van der Waals surface area contributed by atoms with Crippen LogP contribution in [-0.2, 0) is 22.2 Å². The lowest BCUT2D eigenvalue weighted by Gasteiger charge is -2.30.